The van der Waals surface area contributed by atoms with E-state index in [1.54, 1.807) is 14.2 Å². The molecule has 1 aromatic heterocycles. The molecular formula is C29H29N3O5. The van der Waals surface area contributed by atoms with Gasteiger partial charge in [0, 0.05) is 49.3 Å². The molecule has 190 valence electrons. The van der Waals surface area contributed by atoms with Gasteiger partial charge in [-0.15, -0.1) is 0 Å². The molecule has 2 aliphatic heterocycles. The van der Waals surface area contributed by atoms with Gasteiger partial charge < -0.3 is 34.1 Å². The van der Waals surface area contributed by atoms with Gasteiger partial charge in [0.15, 0.2) is 11.5 Å². The minimum atomic E-state index is 0.0712. The van der Waals surface area contributed by atoms with E-state index in [4.69, 9.17) is 18.9 Å². The number of aromatic nitrogens is 1. The Hall–Kier alpha value is -4.17. The smallest absolute Gasteiger partial charge is 0.221 e. The van der Waals surface area contributed by atoms with Crippen LogP contribution >= 0.6 is 0 Å². The number of hydrogen-bond acceptors (Lipinski definition) is 6. The average molecular weight is 500 g/mol. The lowest BCUT2D eigenvalue weighted by Crippen LogP contribution is -2.30. The van der Waals surface area contributed by atoms with Crippen molar-refractivity contribution in [2.45, 2.75) is 19.0 Å². The Kier molecular flexibility index (Phi) is 6.10. The molecule has 1 atom stereocenters. The van der Waals surface area contributed by atoms with E-state index in [1.165, 1.54) is 0 Å². The van der Waals surface area contributed by atoms with E-state index in [9.17, 15) is 4.79 Å². The summed E-state index contributed by atoms with van der Waals surface area (Å²) >= 11 is 0. The summed E-state index contributed by atoms with van der Waals surface area (Å²) in [6, 6.07) is 18.6. The number of ether oxygens (including phenoxy) is 4. The fourth-order valence-electron chi connectivity index (χ4n) is 5.13. The molecule has 0 aliphatic carbocycles. The maximum absolute atomic E-state index is 11.6. The molecule has 37 heavy (non-hydrogen) atoms. The summed E-state index contributed by atoms with van der Waals surface area (Å²) in [6.45, 7) is 2.29. The average Bonchev–Trinajstić information content (AvgIpc) is 3.57. The third-order valence-corrected chi connectivity index (χ3v) is 7.00. The molecule has 0 saturated carbocycles. The molecule has 3 aromatic carbocycles. The van der Waals surface area contributed by atoms with Gasteiger partial charge in [0.25, 0.3) is 0 Å². The number of nitrogens with one attached hydrogen (secondary N) is 2. The van der Waals surface area contributed by atoms with Gasteiger partial charge >= 0.3 is 0 Å². The maximum atomic E-state index is 11.6. The lowest BCUT2D eigenvalue weighted by Gasteiger charge is -2.19. The highest BCUT2D eigenvalue weighted by Gasteiger charge is 2.23. The van der Waals surface area contributed by atoms with Crippen molar-refractivity contribution < 1.29 is 23.7 Å². The molecule has 1 fully saturated rings. The predicted molar refractivity (Wildman–Crippen MR) is 141 cm³/mol. The summed E-state index contributed by atoms with van der Waals surface area (Å²) < 4.78 is 25.2. The van der Waals surface area contributed by atoms with Crippen LogP contribution in [0.15, 0.2) is 60.8 Å². The molecular weight excluding hydrogens is 470 g/mol. The molecule has 0 spiro atoms. The van der Waals surface area contributed by atoms with Crippen LogP contribution < -0.4 is 29.6 Å². The number of carbonyl (C=O) groups is 1. The Balaban J connectivity index is 1.36. The van der Waals surface area contributed by atoms with Gasteiger partial charge in [-0.25, -0.2) is 0 Å². The Morgan fingerprint density at radius 1 is 1.00 bits per heavy atom. The molecule has 6 rings (SSSR count). The fraction of sp³-hybridized carbons (Fsp3) is 0.276. The summed E-state index contributed by atoms with van der Waals surface area (Å²) in [6.07, 6.45) is 2.54. The van der Waals surface area contributed by atoms with Gasteiger partial charge in [-0.1, -0.05) is 18.2 Å². The van der Waals surface area contributed by atoms with Gasteiger partial charge in [0.05, 0.1) is 31.0 Å². The second-order valence-electron chi connectivity index (χ2n) is 9.20. The van der Waals surface area contributed by atoms with E-state index < -0.39 is 0 Å². The molecule has 1 unspecified atom stereocenters. The van der Waals surface area contributed by atoms with Crippen LogP contribution in [0.1, 0.15) is 12.0 Å². The highest BCUT2D eigenvalue weighted by Crippen LogP contribution is 2.39. The summed E-state index contributed by atoms with van der Waals surface area (Å²) in [5.74, 6) is 3.08. The van der Waals surface area contributed by atoms with Crippen LogP contribution in [0.5, 0.6) is 23.0 Å². The molecule has 1 saturated heterocycles. The third-order valence-electron chi connectivity index (χ3n) is 7.00. The SMILES string of the molecule is COc1cc(-n2ccc3c(-c4ccc5c(c4)OCCO5)cccc32)cc(OC)c1CNC1CNC(=O)C1. The van der Waals surface area contributed by atoms with E-state index in [1.807, 2.05) is 24.3 Å². The second kappa shape index (κ2) is 9.71. The van der Waals surface area contributed by atoms with Gasteiger partial charge in [-0.05, 0) is 35.4 Å². The van der Waals surface area contributed by atoms with Crippen molar-refractivity contribution in [1.82, 2.24) is 15.2 Å². The zero-order valence-corrected chi connectivity index (χ0v) is 20.9. The highest BCUT2D eigenvalue weighted by molar-refractivity contribution is 5.96. The zero-order valence-electron chi connectivity index (χ0n) is 20.9. The highest BCUT2D eigenvalue weighted by atomic mass is 16.6. The van der Waals surface area contributed by atoms with E-state index >= 15 is 0 Å². The second-order valence-corrected chi connectivity index (χ2v) is 9.20. The van der Waals surface area contributed by atoms with Crippen LogP contribution in [0.25, 0.3) is 27.7 Å². The number of amides is 1. The van der Waals surface area contributed by atoms with Crippen LogP contribution in [0.2, 0.25) is 0 Å². The van der Waals surface area contributed by atoms with Crippen LogP contribution in [0.4, 0.5) is 0 Å². The van der Waals surface area contributed by atoms with Crippen molar-refractivity contribution in [3.63, 3.8) is 0 Å². The quantitative estimate of drug-likeness (QED) is 0.399. The van der Waals surface area contributed by atoms with E-state index in [-0.39, 0.29) is 11.9 Å². The van der Waals surface area contributed by atoms with Crippen LogP contribution in [-0.2, 0) is 11.3 Å². The normalized spacial score (nSPS) is 16.6. The zero-order chi connectivity index (χ0) is 25.4. The van der Waals surface area contributed by atoms with E-state index in [0.717, 1.165) is 56.3 Å². The maximum Gasteiger partial charge on any atom is 0.221 e. The van der Waals surface area contributed by atoms with E-state index in [2.05, 4.69) is 51.7 Å². The van der Waals surface area contributed by atoms with Gasteiger partial charge in [-0.2, -0.15) is 0 Å². The van der Waals surface area contributed by atoms with Crippen LogP contribution in [0, 0.1) is 0 Å². The first kappa shape index (κ1) is 23.2. The summed E-state index contributed by atoms with van der Waals surface area (Å²) in [5.41, 5.74) is 5.11. The number of carbonyl (C=O) groups excluding carboxylic acids is 1. The van der Waals surface area contributed by atoms with E-state index in [0.29, 0.717) is 32.7 Å². The minimum Gasteiger partial charge on any atom is -0.496 e. The molecule has 8 nitrogen and oxygen atoms in total. The van der Waals surface area contributed by atoms with Crippen molar-refractivity contribution >= 4 is 16.8 Å². The molecule has 3 heterocycles. The molecule has 0 bridgehead atoms. The predicted octanol–water partition coefficient (Wildman–Crippen LogP) is 4.06. The number of nitrogens with zero attached hydrogens (tertiary/aromatic N) is 1. The molecule has 2 aliphatic rings. The molecule has 8 heteroatoms. The Bertz CT molecular complexity index is 1450. The fourth-order valence-corrected chi connectivity index (χ4v) is 5.13. The number of rotatable bonds is 7. The largest absolute Gasteiger partial charge is 0.496 e. The summed E-state index contributed by atoms with van der Waals surface area (Å²) in [7, 11) is 3.33. The molecule has 0 radical (unpaired) electrons. The van der Waals surface area contributed by atoms with Gasteiger partial charge in [0.2, 0.25) is 5.91 Å². The Morgan fingerprint density at radius 2 is 1.78 bits per heavy atom. The first-order valence-electron chi connectivity index (χ1n) is 12.4. The molecule has 2 N–H and O–H groups in total. The van der Waals surface area contributed by atoms with Crippen molar-refractivity contribution in [2.24, 2.45) is 0 Å². The first-order chi connectivity index (χ1) is 18.1. The first-order valence-corrected chi connectivity index (χ1v) is 12.4. The summed E-state index contributed by atoms with van der Waals surface area (Å²) in [4.78, 5) is 11.6. The lowest BCUT2D eigenvalue weighted by atomic mass is 10.0. The van der Waals surface area contributed by atoms with Crippen molar-refractivity contribution in [3.8, 4) is 39.8 Å². The van der Waals surface area contributed by atoms with Gasteiger partial charge in [0.1, 0.15) is 24.7 Å². The topological polar surface area (TPSA) is 83.0 Å². The molecule has 1 amide bonds. The van der Waals surface area contributed by atoms with Crippen molar-refractivity contribution in [3.05, 3.63) is 66.4 Å². The van der Waals surface area contributed by atoms with Crippen LogP contribution in [-0.4, -0.2) is 50.5 Å². The number of fused-ring (bicyclic) bond motifs is 2. The minimum absolute atomic E-state index is 0.0712. The van der Waals surface area contributed by atoms with Crippen molar-refractivity contribution in [2.75, 3.05) is 34.0 Å². The number of hydrogen-bond donors (Lipinski definition) is 2. The van der Waals surface area contributed by atoms with Gasteiger partial charge in [-0.3, -0.25) is 4.79 Å². The Morgan fingerprint density at radius 3 is 2.51 bits per heavy atom. The number of benzene rings is 3. The monoisotopic (exact) mass is 499 g/mol. The summed E-state index contributed by atoms with van der Waals surface area (Å²) in [5, 5.41) is 7.42. The van der Waals surface area contributed by atoms with Crippen LogP contribution in [0.3, 0.4) is 0 Å². The third kappa shape index (κ3) is 4.34. The van der Waals surface area contributed by atoms with Crippen molar-refractivity contribution in [1.29, 1.82) is 0 Å². The Labute approximate surface area is 215 Å². The lowest BCUT2D eigenvalue weighted by molar-refractivity contribution is -0.119. The standard InChI is InChI=1S/C29H29N3O5/c1-34-26-14-20(15-27(35-2)23(26)17-30-19-13-29(33)31-16-19)32-9-8-22-21(4-3-5-24(22)32)18-6-7-25-28(12-18)37-11-10-36-25/h3-9,12,14-15,19,30H,10-11,13,16-17H2,1-2H3,(H,31,33). The molecule has 4 aromatic rings. The number of methoxy groups -OCH3 is 2.